The minimum Gasteiger partial charge on any atom is -0.300 e. The monoisotopic (exact) mass is 289 g/mol. The third-order valence-electron chi connectivity index (χ3n) is 2.49. The Hall–Kier alpha value is -1.47. The molecule has 0 aliphatic heterocycles. The summed E-state index contributed by atoms with van der Waals surface area (Å²) in [5.74, 6) is -0.359. The van der Waals surface area contributed by atoms with Gasteiger partial charge in [-0.1, -0.05) is 12.1 Å². The topological polar surface area (TPSA) is 64.8 Å². The minimum absolute atomic E-state index is 0.107. The molecule has 1 aromatic heterocycles. The van der Waals surface area contributed by atoms with Crippen LogP contribution in [-0.2, 0) is 16.1 Å². The van der Waals surface area contributed by atoms with E-state index in [2.05, 4.69) is 10.2 Å². The van der Waals surface area contributed by atoms with Crippen molar-refractivity contribution in [1.29, 1.82) is 0 Å². The van der Waals surface area contributed by atoms with E-state index in [9.17, 15) is 12.8 Å². The highest BCUT2D eigenvalue weighted by Gasteiger charge is 2.22. The number of aromatic nitrogens is 3. The van der Waals surface area contributed by atoms with E-state index in [1.165, 1.54) is 13.1 Å². The average Bonchev–Trinajstić information content (AvgIpc) is 2.64. The Balaban J connectivity index is 2.67. The van der Waals surface area contributed by atoms with E-state index in [1.807, 2.05) is 0 Å². The molecule has 2 rings (SSSR count). The van der Waals surface area contributed by atoms with E-state index in [4.69, 9.17) is 10.7 Å². The SMILES string of the molecule is Cc1cccc(-c2nnc(S(=O)(=O)Cl)n2C)c1F. The van der Waals surface area contributed by atoms with Crippen molar-refractivity contribution < 1.29 is 12.8 Å². The lowest BCUT2D eigenvalue weighted by atomic mass is 10.1. The summed E-state index contributed by atoms with van der Waals surface area (Å²) in [6.45, 7) is 1.61. The summed E-state index contributed by atoms with van der Waals surface area (Å²) < 4.78 is 37.4. The van der Waals surface area contributed by atoms with Crippen LogP contribution in [0.3, 0.4) is 0 Å². The Morgan fingerprint density at radius 2 is 2.00 bits per heavy atom. The van der Waals surface area contributed by atoms with Gasteiger partial charge in [0, 0.05) is 17.7 Å². The van der Waals surface area contributed by atoms with Crippen LogP contribution in [-0.4, -0.2) is 23.2 Å². The summed E-state index contributed by atoms with van der Waals surface area (Å²) in [5, 5.41) is 6.71. The third-order valence-corrected chi connectivity index (χ3v) is 3.69. The molecule has 0 atom stereocenters. The number of hydrogen-bond acceptors (Lipinski definition) is 4. The van der Waals surface area contributed by atoms with E-state index in [0.29, 0.717) is 5.56 Å². The summed E-state index contributed by atoms with van der Waals surface area (Å²) in [5.41, 5.74) is 0.613. The van der Waals surface area contributed by atoms with E-state index in [1.54, 1.807) is 19.1 Å². The maximum absolute atomic E-state index is 13.9. The van der Waals surface area contributed by atoms with Crippen LogP contribution in [0.5, 0.6) is 0 Å². The molecule has 0 aliphatic carbocycles. The lowest BCUT2D eigenvalue weighted by molar-refractivity contribution is 0.592. The van der Waals surface area contributed by atoms with Crippen molar-refractivity contribution in [2.75, 3.05) is 0 Å². The molecule has 0 aliphatic rings. The molecule has 18 heavy (non-hydrogen) atoms. The van der Waals surface area contributed by atoms with Crippen LogP contribution in [0.1, 0.15) is 5.56 Å². The number of halogens is 2. The Labute approximate surface area is 108 Å². The van der Waals surface area contributed by atoms with Crippen LogP contribution >= 0.6 is 10.7 Å². The number of rotatable bonds is 2. The third kappa shape index (κ3) is 2.11. The minimum atomic E-state index is -4.00. The highest BCUT2D eigenvalue weighted by molar-refractivity contribution is 8.13. The van der Waals surface area contributed by atoms with E-state index >= 15 is 0 Å². The fourth-order valence-corrected chi connectivity index (χ4v) is 2.54. The smallest absolute Gasteiger partial charge is 0.296 e. The van der Waals surface area contributed by atoms with Crippen LogP contribution in [0.25, 0.3) is 11.4 Å². The standard InChI is InChI=1S/C10H9ClFN3O2S/c1-6-4-3-5-7(8(6)12)9-13-14-10(15(9)2)18(11,16)17/h3-5H,1-2H3. The largest absolute Gasteiger partial charge is 0.300 e. The lowest BCUT2D eigenvalue weighted by Crippen LogP contribution is -2.03. The Bertz CT molecular complexity index is 712. The van der Waals surface area contributed by atoms with Gasteiger partial charge in [-0.3, -0.25) is 4.57 Å². The predicted octanol–water partition coefficient (Wildman–Crippen LogP) is 1.86. The van der Waals surface area contributed by atoms with Gasteiger partial charge in [0.1, 0.15) is 5.82 Å². The van der Waals surface area contributed by atoms with Crippen molar-refractivity contribution in [2.24, 2.45) is 7.05 Å². The number of benzene rings is 1. The fourth-order valence-electron chi connectivity index (χ4n) is 1.58. The molecule has 0 amide bonds. The molecule has 2 aromatic rings. The molecule has 0 saturated heterocycles. The van der Waals surface area contributed by atoms with Gasteiger partial charge in [0.2, 0.25) is 0 Å². The normalized spacial score (nSPS) is 11.8. The second-order valence-corrected chi connectivity index (χ2v) is 6.20. The molecular weight excluding hydrogens is 281 g/mol. The van der Waals surface area contributed by atoms with Crippen molar-refractivity contribution >= 4 is 19.7 Å². The summed E-state index contributed by atoms with van der Waals surface area (Å²) in [6.07, 6.45) is 0. The fraction of sp³-hybridized carbons (Fsp3) is 0.200. The van der Waals surface area contributed by atoms with Gasteiger partial charge >= 0.3 is 0 Å². The molecule has 0 bridgehead atoms. The summed E-state index contributed by atoms with van der Waals surface area (Å²) in [6, 6.07) is 4.75. The Morgan fingerprint density at radius 1 is 1.33 bits per heavy atom. The van der Waals surface area contributed by atoms with Crippen LogP contribution in [0, 0.1) is 12.7 Å². The first kappa shape index (κ1) is 13.0. The van der Waals surface area contributed by atoms with Crippen molar-refractivity contribution in [3.05, 3.63) is 29.6 Å². The molecule has 0 saturated carbocycles. The predicted molar refractivity (Wildman–Crippen MR) is 64.2 cm³/mol. The molecule has 0 N–H and O–H groups in total. The number of nitrogens with zero attached hydrogens (tertiary/aromatic N) is 3. The van der Waals surface area contributed by atoms with Crippen molar-refractivity contribution in [3.8, 4) is 11.4 Å². The van der Waals surface area contributed by atoms with Gasteiger partial charge < -0.3 is 0 Å². The van der Waals surface area contributed by atoms with Crippen LogP contribution in [0.2, 0.25) is 0 Å². The molecule has 1 heterocycles. The van der Waals surface area contributed by atoms with Crippen LogP contribution in [0.4, 0.5) is 4.39 Å². The second kappa shape index (κ2) is 4.33. The van der Waals surface area contributed by atoms with Crippen molar-refractivity contribution in [2.45, 2.75) is 12.1 Å². The van der Waals surface area contributed by atoms with Gasteiger partial charge in [0.25, 0.3) is 14.2 Å². The van der Waals surface area contributed by atoms with Gasteiger partial charge in [-0.2, -0.15) is 0 Å². The van der Waals surface area contributed by atoms with Gasteiger partial charge in [-0.15, -0.1) is 10.2 Å². The second-order valence-electron chi connectivity index (χ2n) is 3.74. The first-order chi connectivity index (χ1) is 8.32. The molecule has 0 unspecified atom stereocenters. The van der Waals surface area contributed by atoms with Crippen molar-refractivity contribution in [1.82, 2.24) is 14.8 Å². The summed E-state index contributed by atoms with van der Waals surface area (Å²) in [7, 11) is 2.60. The average molecular weight is 290 g/mol. The van der Waals surface area contributed by atoms with Gasteiger partial charge in [0.15, 0.2) is 5.82 Å². The quantitative estimate of drug-likeness (QED) is 0.792. The zero-order valence-electron chi connectivity index (χ0n) is 9.55. The van der Waals surface area contributed by atoms with E-state index in [-0.39, 0.29) is 11.4 Å². The van der Waals surface area contributed by atoms with Crippen LogP contribution in [0.15, 0.2) is 23.4 Å². The molecule has 0 radical (unpaired) electrons. The summed E-state index contributed by atoms with van der Waals surface area (Å²) in [4.78, 5) is 0. The molecule has 96 valence electrons. The van der Waals surface area contributed by atoms with E-state index < -0.39 is 20.0 Å². The number of hydrogen-bond donors (Lipinski definition) is 0. The highest BCUT2D eigenvalue weighted by Crippen LogP contribution is 2.25. The number of aryl methyl sites for hydroxylation is 1. The molecular formula is C10H9ClFN3O2S. The lowest BCUT2D eigenvalue weighted by Gasteiger charge is -2.05. The van der Waals surface area contributed by atoms with Crippen LogP contribution < -0.4 is 0 Å². The zero-order chi connectivity index (χ0) is 13.5. The van der Waals surface area contributed by atoms with Gasteiger partial charge in [0.05, 0.1) is 5.56 Å². The molecule has 0 fully saturated rings. The highest BCUT2D eigenvalue weighted by atomic mass is 35.7. The Kier molecular flexibility index (Phi) is 3.12. The van der Waals surface area contributed by atoms with Gasteiger partial charge in [-0.25, -0.2) is 12.8 Å². The van der Waals surface area contributed by atoms with E-state index in [0.717, 1.165) is 4.57 Å². The molecule has 8 heteroatoms. The van der Waals surface area contributed by atoms with Crippen molar-refractivity contribution in [3.63, 3.8) is 0 Å². The first-order valence-electron chi connectivity index (χ1n) is 4.92. The molecule has 0 spiro atoms. The Morgan fingerprint density at radius 3 is 2.56 bits per heavy atom. The van der Waals surface area contributed by atoms with Gasteiger partial charge in [-0.05, 0) is 18.6 Å². The molecule has 1 aromatic carbocycles. The summed E-state index contributed by atoms with van der Waals surface area (Å²) >= 11 is 0. The zero-order valence-corrected chi connectivity index (χ0v) is 11.1. The maximum Gasteiger partial charge on any atom is 0.296 e. The molecule has 5 nitrogen and oxygen atoms in total. The maximum atomic E-state index is 13.9. The first-order valence-corrected chi connectivity index (χ1v) is 7.23.